The van der Waals surface area contributed by atoms with Crippen LogP contribution in [0.4, 0.5) is 11.4 Å². The van der Waals surface area contributed by atoms with Crippen LogP contribution in [0.5, 0.6) is 0 Å². The lowest BCUT2D eigenvalue weighted by atomic mass is 10.1. The lowest BCUT2D eigenvalue weighted by Gasteiger charge is -2.27. The van der Waals surface area contributed by atoms with Crippen molar-refractivity contribution < 1.29 is 4.79 Å². The maximum atomic E-state index is 12.2. The van der Waals surface area contributed by atoms with Crippen LogP contribution < -0.4 is 10.2 Å². The summed E-state index contributed by atoms with van der Waals surface area (Å²) in [5, 5.41) is 7.01. The lowest BCUT2D eigenvalue weighted by molar-refractivity contribution is -0.117. The van der Waals surface area contributed by atoms with Crippen molar-refractivity contribution in [2.45, 2.75) is 32.7 Å². The molecule has 112 valence electrons. The number of carbonyl (C=O) groups is 1. The second-order valence-corrected chi connectivity index (χ2v) is 6.38. The van der Waals surface area contributed by atoms with Crippen LogP contribution in [0.1, 0.15) is 27.2 Å². The predicted octanol–water partition coefficient (Wildman–Crippen LogP) is 3.56. The predicted molar refractivity (Wildman–Crippen MR) is 84.3 cm³/mol. The maximum Gasteiger partial charge on any atom is 0.227 e. The van der Waals surface area contributed by atoms with E-state index >= 15 is 0 Å². The van der Waals surface area contributed by atoms with E-state index in [-0.39, 0.29) is 17.4 Å². The van der Waals surface area contributed by atoms with Gasteiger partial charge in [0.25, 0.3) is 0 Å². The van der Waals surface area contributed by atoms with Crippen LogP contribution in [0.15, 0.2) is 29.4 Å². The van der Waals surface area contributed by atoms with E-state index in [9.17, 15) is 4.79 Å². The number of hydrogen-bond donors (Lipinski definition) is 1. The Kier molecular flexibility index (Phi) is 4.38. The summed E-state index contributed by atoms with van der Waals surface area (Å²) in [5.41, 5.74) is 10.2. The van der Waals surface area contributed by atoms with Gasteiger partial charge >= 0.3 is 0 Å². The Morgan fingerprint density at radius 3 is 2.81 bits per heavy atom. The van der Waals surface area contributed by atoms with Crippen molar-refractivity contribution in [3.05, 3.63) is 34.7 Å². The average Bonchev–Trinajstić information content (AvgIpc) is 2.76. The van der Waals surface area contributed by atoms with Gasteiger partial charge in [-0.05, 0) is 44.4 Å². The van der Waals surface area contributed by atoms with E-state index in [1.54, 1.807) is 4.90 Å². The number of rotatable bonds is 4. The normalized spacial score (nSPS) is 18.5. The summed E-state index contributed by atoms with van der Waals surface area (Å²) in [6, 6.07) is 7.81. The third-order valence-electron chi connectivity index (χ3n) is 3.31. The third kappa shape index (κ3) is 3.89. The molecule has 21 heavy (non-hydrogen) atoms. The van der Waals surface area contributed by atoms with Crippen LogP contribution in [0, 0.1) is 5.92 Å². The lowest BCUT2D eigenvalue weighted by Crippen LogP contribution is -2.30. The molecule has 0 aromatic heterocycles. The Morgan fingerprint density at radius 2 is 2.14 bits per heavy atom. The SMILES string of the molecule is CC(C)(C)Nc1ccccc1N1CC(CN=[N+]=[N-])CC1=O. The van der Waals surface area contributed by atoms with E-state index in [1.165, 1.54) is 0 Å². The summed E-state index contributed by atoms with van der Waals surface area (Å²) in [4.78, 5) is 16.8. The topological polar surface area (TPSA) is 81.1 Å². The van der Waals surface area contributed by atoms with E-state index in [4.69, 9.17) is 5.53 Å². The van der Waals surface area contributed by atoms with Gasteiger partial charge in [-0.15, -0.1) is 0 Å². The van der Waals surface area contributed by atoms with Crippen molar-refractivity contribution in [1.29, 1.82) is 0 Å². The highest BCUT2D eigenvalue weighted by Crippen LogP contribution is 2.32. The molecule has 1 aromatic carbocycles. The Hall–Kier alpha value is -2.20. The summed E-state index contributed by atoms with van der Waals surface area (Å²) in [5.74, 6) is 0.174. The highest BCUT2D eigenvalue weighted by Gasteiger charge is 2.31. The summed E-state index contributed by atoms with van der Waals surface area (Å²) in [6.45, 7) is 7.22. The van der Waals surface area contributed by atoms with Gasteiger partial charge in [0.05, 0.1) is 11.4 Å². The minimum atomic E-state index is -0.0800. The zero-order valence-electron chi connectivity index (χ0n) is 12.7. The molecule has 0 aliphatic carbocycles. The van der Waals surface area contributed by atoms with Gasteiger partial charge in [0, 0.05) is 30.0 Å². The standard InChI is InChI=1S/C15H21N5O/c1-15(2,3)18-12-6-4-5-7-13(12)20-10-11(8-14(20)21)9-17-19-16/h4-7,11,18H,8-10H2,1-3H3. The first-order chi connectivity index (χ1) is 9.90. The van der Waals surface area contributed by atoms with Gasteiger partial charge in [0.2, 0.25) is 5.91 Å². The third-order valence-corrected chi connectivity index (χ3v) is 3.31. The number of carbonyl (C=O) groups excluding carboxylic acids is 1. The Balaban J connectivity index is 2.22. The first-order valence-corrected chi connectivity index (χ1v) is 7.09. The molecule has 6 heteroatoms. The Bertz CT molecular complexity index is 572. The molecule has 1 heterocycles. The molecule has 1 amide bonds. The number of para-hydroxylation sites is 2. The molecule has 1 fully saturated rings. The van der Waals surface area contributed by atoms with Crippen molar-refractivity contribution in [3.8, 4) is 0 Å². The molecule has 1 unspecified atom stereocenters. The molecule has 1 atom stereocenters. The smallest absolute Gasteiger partial charge is 0.227 e. The zero-order valence-corrected chi connectivity index (χ0v) is 12.7. The van der Waals surface area contributed by atoms with Crippen LogP contribution >= 0.6 is 0 Å². The van der Waals surface area contributed by atoms with Crippen LogP contribution in [0.25, 0.3) is 10.4 Å². The molecule has 0 saturated carbocycles. The zero-order chi connectivity index (χ0) is 15.5. The van der Waals surface area contributed by atoms with Crippen molar-refractivity contribution in [2.24, 2.45) is 11.0 Å². The largest absolute Gasteiger partial charge is 0.379 e. The fraction of sp³-hybridized carbons (Fsp3) is 0.533. The molecule has 6 nitrogen and oxygen atoms in total. The van der Waals surface area contributed by atoms with Crippen molar-refractivity contribution in [2.75, 3.05) is 23.3 Å². The average molecular weight is 287 g/mol. The summed E-state index contributed by atoms with van der Waals surface area (Å²) in [6.07, 6.45) is 0.433. The summed E-state index contributed by atoms with van der Waals surface area (Å²) >= 11 is 0. The van der Waals surface area contributed by atoms with E-state index in [1.807, 2.05) is 24.3 Å². The van der Waals surface area contributed by atoms with Crippen LogP contribution in [0.3, 0.4) is 0 Å². The number of nitrogens with zero attached hydrogens (tertiary/aromatic N) is 4. The minimum absolute atomic E-state index is 0.0799. The van der Waals surface area contributed by atoms with E-state index in [2.05, 4.69) is 36.1 Å². The number of amides is 1. The molecule has 1 N–H and O–H groups in total. The van der Waals surface area contributed by atoms with Crippen molar-refractivity contribution >= 4 is 17.3 Å². The first-order valence-electron chi connectivity index (χ1n) is 7.09. The summed E-state index contributed by atoms with van der Waals surface area (Å²) < 4.78 is 0. The second-order valence-electron chi connectivity index (χ2n) is 6.38. The Labute approximate surface area is 124 Å². The molecule has 0 spiro atoms. The fourth-order valence-electron chi connectivity index (χ4n) is 2.51. The molecule has 1 aliphatic rings. The molecule has 0 radical (unpaired) electrons. The minimum Gasteiger partial charge on any atom is -0.379 e. The number of hydrogen-bond acceptors (Lipinski definition) is 3. The van der Waals surface area contributed by atoms with Gasteiger partial charge in [-0.1, -0.05) is 17.2 Å². The van der Waals surface area contributed by atoms with Crippen LogP contribution in [-0.2, 0) is 4.79 Å². The number of nitrogens with one attached hydrogen (secondary N) is 1. The quantitative estimate of drug-likeness (QED) is 0.522. The molecule has 0 bridgehead atoms. The van der Waals surface area contributed by atoms with Gasteiger partial charge in [0.1, 0.15) is 0 Å². The van der Waals surface area contributed by atoms with Crippen molar-refractivity contribution in [1.82, 2.24) is 0 Å². The highest BCUT2D eigenvalue weighted by molar-refractivity contribution is 5.98. The van der Waals surface area contributed by atoms with Crippen molar-refractivity contribution in [3.63, 3.8) is 0 Å². The number of anilines is 2. The van der Waals surface area contributed by atoms with Gasteiger partial charge in [-0.25, -0.2) is 0 Å². The number of azide groups is 1. The van der Waals surface area contributed by atoms with Gasteiger partial charge < -0.3 is 10.2 Å². The van der Waals surface area contributed by atoms with E-state index in [0.717, 1.165) is 11.4 Å². The first kappa shape index (κ1) is 15.2. The highest BCUT2D eigenvalue weighted by atomic mass is 16.2. The van der Waals surface area contributed by atoms with Gasteiger partial charge in [-0.2, -0.15) is 0 Å². The molecular formula is C15H21N5O. The van der Waals surface area contributed by atoms with Gasteiger partial charge in [-0.3, -0.25) is 4.79 Å². The fourth-order valence-corrected chi connectivity index (χ4v) is 2.51. The molecule has 2 rings (SSSR count). The maximum absolute atomic E-state index is 12.2. The second kappa shape index (κ2) is 6.06. The van der Waals surface area contributed by atoms with Crippen LogP contribution in [-0.4, -0.2) is 24.5 Å². The molecule has 1 aliphatic heterocycles. The summed E-state index contributed by atoms with van der Waals surface area (Å²) in [7, 11) is 0. The molecular weight excluding hydrogens is 266 g/mol. The number of benzene rings is 1. The van der Waals surface area contributed by atoms with E-state index in [0.29, 0.717) is 19.5 Å². The molecule has 1 aromatic rings. The molecule has 1 saturated heterocycles. The Morgan fingerprint density at radius 1 is 1.43 bits per heavy atom. The van der Waals surface area contributed by atoms with Crippen LogP contribution in [0.2, 0.25) is 0 Å². The monoisotopic (exact) mass is 287 g/mol. The van der Waals surface area contributed by atoms with Gasteiger partial charge in [0.15, 0.2) is 0 Å². The van der Waals surface area contributed by atoms with E-state index < -0.39 is 0 Å².